The second kappa shape index (κ2) is 12.8. The first-order valence-electron chi connectivity index (χ1n) is 11.6. The second-order valence-corrected chi connectivity index (χ2v) is 10.3. The van der Waals surface area contributed by atoms with E-state index < -0.39 is 0 Å². The molecular weight excluding hydrogens is 521 g/mol. The van der Waals surface area contributed by atoms with E-state index in [1.165, 1.54) is 5.56 Å². The number of amides is 1. The number of ether oxygens (including phenoxy) is 2. The van der Waals surface area contributed by atoms with Crippen LogP contribution in [-0.2, 0) is 27.2 Å². The van der Waals surface area contributed by atoms with E-state index in [-0.39, 0.29) is 5.91 Å². The zero-order chi connectivity index (χ0) is 25.5. The third-order valence-electron chi connectivity index (χ3n) is 5.98. The first-order valence-corrected chi connectivity index (χ1v) is 13.2. The van der Waals surface area contributed by atoms with Gasteiger partial charge in [0, 0.05) is 57.0 Å². The number of fused-ring (bicyclic) bond motifs is 3. The van der Waals surface area contributed by atoms with Gasteiger partial charge in [0.2, 0.25) is 5.91 Å². The largest absolute Gasteiger partial charge is 0.383 e. The summed E-state index contributed by atoms with van der Waals surface area (Å²) in [4.78, 5) is 28.0. The van der Waals surface area contributed by atoms with E-state index in [2.05, 4.69) is 20.2 Å². The van der Waals surface area contributed by atoms with Gasteiger partial charge in [-0.3, -0.25) is 9.69 Å². The molecule has 2 aromatic heterocycles. The predicted octanol–water partition coefficient (Wildman–Crippen LogP) is 4.78. The lowest BCUT2D eigenvalue weighted by atomic mass is 10.0. The molecular formula is C25H29Cl2N5O3S. The van der Waals surface area contributed by atoms with Gasteiger partial charge in [0.1, 0.15) is 17.0 Å². The van der Waals surface area contributed by atoms with Gasteiger partial charge in [-0.05, 0) is 30.2 Å². The second-order valence-electron chi connectivity index (χ2n) is 8.36. The zero-order valence-electron chi connectivity index (χ0n) is 20.3. The van der Waals surface area contributed by atoms with Crippen molar-refractivity contribution in [3.8, 4) is 0 Å². The van der Waals surface area contributed by atoms with Crippen molar-refractivity contribution in [2.75, 3.05) is 58.9 Å². The molecule has 0 atom stereocenters. The van der Waals surface area contributed by atoms with Gasteiger partial charge in [0.15, 0.2) is 0 Å². The molecule has 3 heterocycles. The highest BCUT2D eigenvalue weighted by Crippen LogP contribution is 2.38. The van der Waals surface area contributed by atoms with E-state index >= 15 is 0 Å². The molecule has 0 spiro atoms. The highest BCUT2D eigenvalue weighted by atomic mass is 35.5. The first kappa shape index (κ1) is 26.8. The number of thiophene rings is 1. The first-order chi connectivity index (χ1) is 17.5. The van der Waals surface area contributed by atoms with Crippen LogP contribution in [0.5, 0.6) is 0 Å². The Hall–Kier alpha value is -2.27. The third kappa shape index (κ3) is 6.53. The number of carbonyl (C=O) groups excluding carboxylic acids is 1. The van der Waals surface area contributed by atoms with Crippen LogP contribution in [0.3, 0.4) is 0 Å². The van der Waals surface area contributed by atoms with E-state index in [1.807, 2.05) is 17.0 Å². The van der Waals surface area contributed by atoms with Crippen LogP contribution in [0.4, 0.5) is 11.5 Å². The van der Waals surface area contributed by atoms with Crippen molar-refractivity contribution < 1.29 is 14.3 Å². The number of nitrogens with one attached hydrogen (secondary N) is 1. The average molecular weight is 551 g/mol. The van der Waals surface area contributed by atoms with E-state index in [0.29, 0.717) is 42.9 Å². The molecule has 0 saturated heterocycles. The smallest absolute Gasteiger partial charge is 0.246 e. The number of aromatic nitrogens is 2. The Labute approximate surface area is 224 Å². The van der Waals surface area contributed by atoms with Crippen molar-refractivity contribution in [1.29, 1.82) is 0 Å². The average Bonchev–Trinajstić information content (AvgIpc) is 3.26. The lowest BCUT2D eigenvalue weighted by Crippen LogP contribution is -2.34. The molecule has 1 N–H and O–H groups in total. The van der Waals surface area contributed by atoms with Gasteiger partial charge in [0.25, 0.3) is 0 Å². The van der Waals surface area contributed by atoms with Crippen LogP contribution in [0.25, 0.3) is 10.2 Å². The van der Waals surface area contributed by atoms with Gasteiger partial charge in [-0.15, -0.1) is 11.3 Å². The van der Waals surface area contributed by atoms with E-state index in [4.69, 9.17) is 32.7 Å². The van der Waals surface area contributed by atoms with Gasteiger partial charge in [-0.2, -0.15) is 0 Å². The van der Waals surface area contributed by atoms with Gasteiger partial charge in [-0.25, -0.2) is 9.97 Å². The molecule has 1 aromatic carbocycles. The predicted molar refractivity (Wildman–Crippen MR) is 146 cm³/mol. The van der Waals surface area contributed by atoms with Gasteiger partial charge >= 0.3 is 0 Å². The van der Waals surface area contributed by atoms with Crippen LogP contribution in [0, 0.1) is 0 Å². The van der Waals surface area contributed by atoms with Crippen LogP contribution in [0.15, 0.2) is 36.7 Å². The third-order valence-corrected chi connectivity index (χ3v) is 7.84. The Balaban J connectivity index is 1.45. The van der Waals surface area contributed by atoms with Crippen molar-refractivity contribution in [2.24, 2.45) is 0 Å². The van der Waals surface area contributed by atoms with E-state index in [1.54, 1.807) is 50.1 Å². The van der Waals surface area contributed by atoms with Crippen molar-refractivity contribution in [2.45, 2.75) is 13.0 Å². The zero-order valence-corrected chi connectivity index (χ0v) is 22.6. The van der Waals surface area contributed by atoms with E-state index in [0.717, 1.165) is 46.1 Å². The molecule has 1 aliphatic rings. The molecule has 0 bridgehead atoms. The number of rotatable bonds is 11. The van der Waals surface area contributed by atoms with E-state index in [9.17, 15) is 4.79 Å². The monoisotopic (exact) mass is 549 g/mol. The number of hydrogen-bond acceptors (Lipinski definition) is 8. The Morgan fingerprint density at radius 3 is 2.69 bits per heavy atom. The highest BCUT2D eigenvalue weighted by Gasteiger charge is 2.25. The summed E-state index contributed by atoms with van der Waals surface area (Å²) < 4.78 is 10.4. The van der Waals surface area contributed by atoms with Gasteiger partial charge < -0.3 is 19.7 Å². The summed E-state index contributed by atoms with van der Waals surface area (Å²) in [5, 5.41) is 5.32. The fourth-order valence-electron chi connectivity index (χ4n) is 4.06. The van der Waals surface area contributed by atoms with Gasteiger partial charge in [-0.1, -0.05) is 29.3 Å². The number of nitrogens with zero attached hydrogens (tertiary/aromatic N) is 4. The maximum absolute atomic E-state index is 12.9. The summed E-state index contributed by atoms with van der Waals surface area (Å²) >= 11 is 13.8. The molecule has 192 valence electrons. The summed E-state index contributed by atoms with van der Waals surface area (Å²) in [6, 6.07) is 5.38. The molecule has 0 saturated carbocycles. The number of benzene rings is 1. The SMILES string of the molecule is COCCN(CC=CC(=O)N1CCc2c(sc3ncnc(Nc4ccc(Cl)c(Cl)c4)c23)C1)CCOC. The summed E-state index contributed by atoms with van der Waals surface area (Å²) in [5.74, 6) is 0.736. The van der Waals surface area contributed by atoms with Crippen LogP contribution >= 0.6 is 34.5 Å². The number of hydrogen-bond donors (Lipinski definition) is 1. The summed E-state index contributed by atoms with van der Waals surface area (Å²) in [7, 11) is 3.37. The minimum Gasteiger partial charge on any atom is -0.383 e. The number of methoxy groups -OCH3 is 2. The molecule has 0 aliphatic carbocycles. The van der Waals surface area contributed by atoms with Crippen molar-refractivity contribution in [1.82, 2.24) is 19.8 Å². The topological polar surface area (TPSA) is 79.8 Å². The Bertz CT molecular complexity index is 1230. The summed E-state index contributed by atoms with van der Waals surface area (Å²) in [6.45, 7) is 4.71. The lowest BCUT2D eigenvalue weighted by Gasteiger charge is -2.26. The summed E-state index contributed by atoms with van der Waals surface area (Å²) in [5.41, 5.74) is 1.99. The number of halogens is 2. The molecule has 0 unspecified atom stereocenters. The quantitative estimate of drug-likeness (QED) is 0.345. The molecule has 0 radical (unpaired) electrons. The van der Waals surface area contributed by atoms with Crippen LogP contribution < -0.4 is 5.32 Å². The van der Waals surface area contributed by atoms with Crippen molar-refractivity contribution >= 4 is 62.2 Å². The minimum absolute atomic E-state index is 0.0109. The fourth-order valence-corrected chi connectivity index (χ4v) is 5.57. The lowest BCUT2D eigenvalue weighted by molar-refractivity contribution is -0.126. The van der Waals surface area contributed by atoms with Crippen LogP contribution in [0.2, 0.25) is 10.0 Å². The molecule has 1 amide bonds. The normalized spacial score (nSPS) is 13.6. The Morgan fingerprint density at radius 1 is 1.19 bits per heavy atom. The standard InChI is InChI=1S/C25H29Cl2N5O3S/c1-34-12-10-31(11-13-35-2)8-3-4-22(33)32-9-7-18-21(15-32)36-25-23(18)24(28-16-29-25)30-17-5-6-19(26)20(27)14-17/h3-6,14,16H,7-13,15H2,1-2H3,(H,28,29,30). The molecule has 11 heteroatoms. The van der Waals surface area contributed by atoms with Gasteiger partial charge in [0.05, 0.1) is 35.2 Å². The fraction of sp³-hybridized carbons (Fsp3) is 0.400. The van der Waals surface area contributed by atoms with Crippen LogP contribution in [0.1, 0.15) is 10.4 Å². The van der Waals surface area contributed by atoms with Crippen LogP contribution in [-0.4, -0.2) is 79.3 Å². The van der Waals surface area contributed by atoms with Crippen molar-refractivity contribution in [3.05, 3.63) is 57.2 Å². The molecule has 4 rings (SSSR count). The summed E-state index contributed by atoms with van der Waals surface area (Å²) in [6.07, 6.45) is 5.88. The molecule has 1 aliphatic heterocycles. The maximum Gasteiger partial charge on any atom is 0.246 e. The highest BCUT2D eigenvalue weighted by molar-refractivity contribution is 7.19. The Kier molecular flexibility index (Phi) is 9.53. The molecule has 3 aromatic rings. The Morgan fingerprint density at radius 2 is 1.97 bits per heavy atom. The minimum atomic E-state index is 0.0109. The molecule has 8 nitrogen and oxygen atoms in total. The number of carbonyl (C=O) groups is 1. The molecule has 0 fully saturated rings. The van der Waals surface area contributed by atoms with Crippen molar-refractivity contribution in [3.63, 3.8) is 0 Å². The maximum atomic E-state index is 12.9. The number of anilines is 2. The molecule has 36 heavy (non-hydrogen) atoms.